The minimum Gasteiger partial charge on any atom is -0.326 e. The van der Waals surface area contributed by atoms with Crippen molar-refractivity contribution >= 4 is 27.5 Å². The molecule has 0 atom stereocenters. The maximum Gasteiger partial charge on any atom is 0.224 e. The fourth-order valence-electron chi connectivity index (χ4n) is 2.09. The van der Waals surface area contributed by atoms with Gasteiger partial charge in [0.1, 0.15) is 5.82 Å². The van der Waals surface area contributed by atoms with Crippen molar-refractivity contribution in [2.75, 3.05) is 5.32 Å². The van der Waals surface area contributed by atoms with Crippen LogP contribution in [-0.2, 0) is 11.2 Å². The van der Waals surface area contributed by atoms with E-state index < -0.39 is 0 Å². The highest BCUT2D eigenvalue weighted by Gasteiger charge is 2.08. The Morgan fingerprint density at radius 2 is 1.95 bits per heavy atom. The molecule has 0 saturated heterocycles. The van der Waals surface area contributed by atoms with E-state index in [1.165, 1.54) is 11.6 Å². The first-order valence-electron chi connectivity index (χ1n) is 6.85. The largest absolute Gasteiger partial charge is 0.326 e. The van der Waals surface area contributed by atoms with Crippen LogP contribution >= 0.6 is 15.9 Å². The molecular formula is C17H17BrFNO. The van der Waals surface area contributed by atoms with Crippen LogP contribution in [0.3, 0.4) is 0 Å². The molecule has 0 saturated carbocycles. The third kappa shape index (κ3) is 4.67. The smallest absolute Gasteiger partial charge is 0.224 e. The monoisotopic (exact) mass is 349 g/mol. The summed E-state index contributed by atoms with van der Waals surface area (Å²) < 4.78 is 13.7. The van der Waals surface area contributed by atoms with Gasteiger partial charge in [-0.3, -0.25) is 4.79 Å². The number of carbonyl (C=O) groups excluding carboxylic acids is 1. The highest BCUT2D eigenvalue weighted by atomic mass is 79.9. The van der Waals surface area contributed by atoms with Gasteiger partial charge in [0.15, 0.2) is 0 Å². The normalized spacial score (nSPS) is 10.4. The Labute approximate surface area is 132 Å². The molecule has 2 nitrogen and oxygen atoms in total. The standard InChI is InChI=1S/C17H17BrFNO/c1-12-10-15(19)14(18)11-16(12)20-17(21)9-5-8-13-6-3-2-4-7-13/h2-4,6-7,10-11H,5,8-9H2,1H3,(H,20,21). The highest BCUT2D eigenvalue weighted by molar-refractivity contribution is 9.10. The lowest BCUT2D eigenvalue weighted by atomic mass is 10.1. The van der Waals surface area contributed by atoms with Crippen molar-refractivity contribution in [1.29, 1.82) is 0 Å². The second kappa shape index (κ2) is 7.36. The van der Waals surface area contributed by atoms with Crippen LogP contribution in [0.1, 0.15) is 24.0 Å². The maximum atomic E-state index is 13.3. The Morgan fingerprint density at radius 1 is 1.24 bits per heavy atom. The number of rotatable bonds is 5. The molecule has 2 aromatic rings. The van der Waals surface area contributed by atoms with Crippen molar-refractivity contribution in [3.05, 3.63) is 63.9 Å². The predicted octanol–water partition coefficient (Wildman–Crippen LogP) is 4.86. The van der Waals surface area contributed by atoms with Crippen LogP contribution in [0, 0.1) is 12.7 Å². The quantitative estimate of drug-likeness (QED) is 0.820. The summed E-state index contributed by atoms with van der Waals surface area (Å²) in [6.45, 7) is 1.77. The minimum atomic E-state index is -0.324. The summed E-state index contributed by atoms with van der Waals surface area (Å²) in [6.07, 6.45) is 2.11. The lowest BCUT2D eigenvalue weighted by Crippen LogP contribution is -2.12. The number of halogens is 2. The second-order valence-corrected chi connectivity index (χ2v) is 5.82. The van der Waals surface area contributed by atoms with E-state index in [9.17, 15) is 9.18 Å². The molecule has 110 valence electrons. The van der Waals surface area contributed by atoms with E-state index in [2.05, 4.69) is 33.4 Å². The number of aryl methyl sites for hydroxylation is 2. The Balaban J connectivity index is 1.86. The summed E-state index contributed by atoms with van der Waals surface area (Å²) in [5.41, 5.74) is 2.59. The van der Waals surface area contributed by atoms with Crippen molar-refractivity contribution in [2.24, 2.45) is 0 Å². The van der Waals surface area contributed by atoms with Gasteiger partial charge < -0.3 is 5.32 Å². The zero-order chi connectivity index (χ0) is 15.2. The first-order valence-corrected chi connectivity index (χ1v) is 7.65. The molecule has 4 heteroatoms. The fraction of sp³-hybridized carbons (Fsp3) is 0.235. The molecule has 0 aliphatic carbocycles. The second-order valence-electron chi connectivity index (χ2n) is 4.97. The third-order valence-corrected chi connectivity index (χ3v) is 3.86. The number of hydrogen-bond donors (Lipinski definition) is 1. The lowest BCUT2D eigenvalue weighted by Gasteiger charge is -2.09. The average Bonchev–Trinajstić information content (AvgIpc) is 2.46. The number of nitrogens with one attached hydrogen (secondary N) is 1. The molecule has 0 unspecified atom stereocenters. The van der Waals surface area contributed by atoms with Crippen molar-refractivity contribution < 1.29 is 9.18 Å². The van der Waals surface area contributed by atoms with E-state index in [0.29, 0.717) is 22.1 Å². The van der Waals surface area contributed by atoms with Gasteiger partial charge in [-0.25, -0.2) is 4.39 Å². The van der Waals surface area contributed by atoms with E-state index in [4.69, 9.17) is 0 Å². The van der Waals surface area contributed by atoms with Crippen LogP contribution in [-0.4, -0.2) is 5.91 Å². The van der Waals surface area contributed by atoms with Crippen molar-refractivity contribution in [3.8, 4) is 0 Å². The Bertz CT molecular complexity index is 628. The third-order valence-electron chi connectivity index (χ3n) is 3.25. The topological polar surface area (TPSA) is 29.1 Å². The minimum absolute atomic E-state index is 0.0486. The highest BCUT2D eigenvalue weighted by Crippen LogP contribution is 2.24. The lowest BCUT2D eigenvalue weighted by molar-refractivity contribution is -0.116. The Hall–Kier alpha value is -1.68. The van der Waals surface area contributed by atoms with Gasteiger partial charge in [0.25, 0.3) is 0 Å². The molecule has 0 aromatic heterocycles. The molecule has 1 N–H and O–H groups in total. The average molecular weight is 350 g/mol. The number of anilines is 1. The van der Waals surface area contributed by atoms with Crippen LogP contribution in [0.2, 0.25) is 0 Å². The van der Waals surface area contributed by atoms with Gasteiger partial charge in [-0.1, -0.05) is 30.3 Å². The molecule has 2 rings (SSSR count). The van der Waals surface area contributed by atoms with Gasteiger partial charge in [-0.15, -0.1) is 0 Å². The zero-order valence-corrected chi connectivity index (χ0v) is 13.4. The molecule has 0 bridgehead atoms. The summed E-state index contributed by atoms with van der Waals surface area (Å²) in [7, 11) is 0. The van der Waals surface area contributed by atoms with Gasteiger partial charge in [-0.05, 0) is 59.0 Å². The van der Waals surface area contributed by atoms with E-state index in [-0.39, 0.29) is 11.7 Å². The number of hydrogen-bond acceptors (Lipinski definition) is 1. The van der Waals surface area contributed by atoms with E-state index in [0.717, 1.165) is 12.8 Å². The van der Waals surface area contributed by atoms with Crippen molar-refractivity contribution in [1.82, 2.24) is 0 Å². The number of benzene rings is 2. The molecular weight excluding hydrogens is 333 g/mol. The molecule has 0 radical (unpaired) electrons. The van der Waals surface area contributed by atoms with Crippen LogP contribution in [0.5, 0.6) is 0 Å². The summed E-state index contributed by atoms with van der Waals surface area (Å²) in [5, 5.41) is 2.83. The molecule has 0 aliphatic rings. The summed E-state index contributed by atoms with van der Waals surface area (Å²) >= 11 is 3.13. The molecule has 0 heterocycles. The van der Waals surface area contributed by atoms with E-state index >= 15 is 0 Å². The molecule has 0 spiro atoms. The van der Waals surface area contributed by atoms with Crippen LogP contribution in [0.15, 0.2) is 46.9 Å². The first-order chi connectivity index (χ1) is 10.1. The summed E-state index contributed by atoms with van der Waals surface area (Å²) in [5.74, 6) is -0.373. The van der Waals surface area contributed by atoms with Crippen LogP contribution in [0.25, 0.3) is 0 Å². The van der Waals surface area contributed by atoms with Gasteiger partial charge in [0, 0.05) is 12.1 Å². The molecule has 0 fully saturated rings. The summed E-state index contributed by atoms with van der Waals surface area (Å²) in [6, 6.07) is 13.1. The zero-order valence-electron chi connectivity index (χ0n) is 11.8. The van der Waals surface area contributed by atoms with E-state index in [1.54, 1.807) is 13.0 Å². The van der Waals surface area contributed by atoms with Gasteiger partial charge in [-0.2, -0.15) is 0 Å². The predicted molar refractivity (Wildman–Crippen MR) is 86.8 cm³/mol. The SMILES string of the molecule is Cc1cc(F)c(Br)cc1NC(=O)CCCc1ccccc1. The van der Waals surface area contributed by atoms with Crippen molar-refractivity contribution in [3.63, 3.8) is 0 Å². The molecule has 1 amide bonds. The van der Waals surface area contributed by atoms with Crippen LogP contribution in [0.4, 0.5) is 10.1 Å². The van der Waals surface area contributed by atoms with Gasteiger partial charge in [0.05, 0.1) is 4.47 Å². The molecule has 21 heavy (non-hydrogen) atoms. The summed E-state index contributed by atoms with van der Waals surface area (Å²) in [4.78, 5) is 11.9. The van der Waals surface area contributed by atoms with Crippen LogP contribution < -0.4 is 5.32 Å². The number of amides is 1. The molecule has 2 aromatic carbocycles. The fourth-order valence-corrected chi connectivity index (χ4v) is 2.43. The van der Waals surface area contributed by atoms with Gasteiger partial charge >= 0.3 is 0 Å². The number of carbonyl (C=O) groups is 1. The molecule has 0 aliphatic heterocycles. The van der Waals surface area contributed by atoms with E-state index in [1.807, 2.05) is 18.2 Å². The first kappa shape index (κ1) is 15.7. The van der Waals surface area contributed by atoms with Gasteiger partial charge in [0.2, 0.25) is 5.91 Å². The maximum absolute atomic E-state index is 13.3. The van der Waals surface area contributed by atoms with Crippen molar-refractivity contribution in [2.45, 2.75) is 26.2 Å². The Kier molecular flexibility index (Phi) is 5.51. The Morgan fingerprint density at radius 3 is 2.67 bits per heavy atom.